The van der Waals surface area contributed by atoms with Crippen LogP contribution in [0, 0.1) is 0 Å². The number of amides is 1. The third-order valence-corrected chi connectivity index (χ3v) is 5.73. The van der Waals surface area contributed by atoms with Gasteiger partial charge in [-0.15, -0.1) is 11.3 Å². The fourth-order valence-corrected chi connectivity index (χ4v) is 3.94. The number of rotatable bonds is 8. The number of pyridine rings is 1. The molecular weight excluding hydrogens is 402 g/mol. The third kappa shape index (κ3) is 5.43. The molecule has 0 aliphatic carbocycles. The van der Waals surface area contributed by atoms with Crippen molar-refractivity contribution < 1.29 is 14.1 Å². The van der Waals surface area contributed by atoms with Crippen LogP contribution < -0.4 is 10.2 Å². The van der Waals surface area contributed by atoms with Crippen LogP contribution in [-0.2, 0) is 22.5 Å². The highest BCUT2D eigenvalue weighted by Gasteiger charge is 2.17. The van der Waals surface area contributed by atoms with Crippen LogP contribution in [-0.4, -0.2) is 46.8 Å². The average Bonchev–Trinajstić information content (AvgIpc) is 3.45. The maximum Gasteiger partial charge on any atom is 0.226 e. The summed E-state index contributed by atoms with van der Waals surface area (Å²) in [5, 5.41) is 8.90. The number of hydrogen-bond acceptors (Lipinski definition) is 8. The highest BCUT2D eigenvalue weighted by atomic mass is 32.1. The van der Waals surface area contributed by atoms with Crippen LogP contribution in [0.25, 0.3) is 10.7 Å². The molecule has 8 nitrogen and oxygen atoms in total. The van der Waals surface area contributed by atoms with Crippen LogP contribution in [0.5, 0.6) is 0 Å². The number of aromatic nitrogens is 3. The summed E-state index contributed by atoms with van der Waals surface area (Å²) in [5.74, 6) is 2.11. The fourth-order valence-electron chi connectivity index (χ4n) is 3.29. The van der Waals surface area contributed by atoms with Gasteiger partial charge in [0.25, 0.3) is 0 Å². The minimum atomic E-state index is -0.000855. The minimum Gasteiger partial charge on any atom is -0.375 e. The highest BCUT2D eigenvalue weighted by Crippen LogP contribution is 2.21. The predicted molar refractivity (Wildman–Crippen MR) is 114 cm³/mol. The van der Waals surface area contributed by atoms with E-state index in [9.17, 15) is 4.79 Å². The zero-order valence-electron chi connectivity index (χ0n) is 16.9. The lowest BCUT2D eigenvalue weighted by molar-refractivity contribution is -0.121. The molecule has 3 aromatic heterocycles. The molecule has 0 radical (unpaired) electrons. The normalized spacial score (nSPS) is 16.6. The Bertz CT molecular complexity index is 942. The molecule has 0 saturated carbocycles. The number of hydrogen-bond donors (Lipinski definition) is 1. The van der Waals surface area contributed by atoms with Gasteiger partial charge in [-0.3, -0.25) is 4.79 Å². The number of nitrogens with one attached hydrogen (secondary N) is 1. The lowest BCUT2D eigenvalue weighted by Gasteiger charge is -2.32. The van der Waals surface area contributed by atoms with Crippen molar-refractivity contribution in [1.82, 2.24) is 20.4 Å². The topological polar surface area (TPSA) is 93.4 Å². The van der Waals surface area contributed by atoms with Gasteiger partial charge in [-0.2, -0.15) is 4.98 Å². The molecule has 1 aliphatic heterocycles. The van der Waals surface area contributed by atoms with Crippen molar-refractivity contribution >= 4 is 23.1 Å². The molecule has 1 atom stereocenters. The molecule has 1 aliphatic rings. The maximum absolute atomic E-state index is 12.1. The Balaban J connectivity index is 1.18. The minimum absolute atomic E-state index is 0.000855. The lowest BCUT2D eigenvalue weighted by Crippen LogP contribution is -2.41. The van der Waals surface area contributed by atoms with E-state index in [2.05, 4.69) is 32.3 Å². The molecule has 1 unspecified atom stereocenters. The van der Waals surface area contributed by atoms with E-state index >= 15 is 0 Å². The molecule has 9 heteroatoms. The van der Waals surface area contributed by atoms with Crippen molar-refractivity contribution in [3.63, 3.8) is 0 Å². The molecule has 158 valence electrons. The van der Waals surface area contributed by atoms with E-state index in [0.717, 1.165) is 36.0 Å². The first-order valence-corrected chi connectivity index (χ1v) is 11.0. The second-order valence-corrected chi connectivity index (χ2v) is 8.22. The molecule has 0 bridgehead atoms. The zero-order valence-corrected chi connectivity index (χ0v) is 17.7. The van der Waals surface area contributed by atoms with Gasteiger partial charge in [0.15, 0.2) is 0 Å². The molecule has 1 fully saturated rings. The van der Waals surface area contributed by atoms with Crippen molar-refractivity contribution in [3.8, 4) is 10.7 Å². The molecule has 0 aromatic carbocycles. The van der Waals surface area contributed by atoms with Crippen molar-refractivity contribution in [3.05, 3.63) is 47.3 Å². The van der Waals surface area contributed by atoms with Gasteiger partial charge in [-0.1, -0.05) is 17.3 Å². The Morgan fingerprint density at radius 2 is 2.30 bits per heavy atom. The number of morpholine rings is 1. The van der Waals surface area contributed by atoms with Crippen LogP contribution in [0.2, 0.25) is 0 Å². The summed E-state index contributed by atoms with van der Waals surface area (Å²) < 4.78 is 10.8. The van der Waals surface area contributed by atoms with Gasteiger partial charge in [0.2, 0.25) is 17.6 Å². The van der Waals surface area contributed by atoms with Crippen LogP contribution in [0.1, 0.15) is 31.2 Å². The summed E-state index contributed by atoms with van der Waals surface area (Å²) >= 11 is 1.57. The molecule has 1 amide bonds. The molecule has 1 N–H and O–H groups in total. The third-order valence-electron chi connectivity index (χ3n) is 4.87. The summed E-state index contributed by atoms with van der Waals surface area (Å²) in [5.41, 5.74) is 0.978. The summed E-state index contributed by atoms with van der Waals surface area (Å²) in [7, 11) is 0. The monoisotopic (exact) mass is 427 g/mol. The Morgan fingerprint density at radius 3 is 3.07 bits per heavy atom. The first-order valence-electron chi connectivity index (χ1n) is 10.1. The quantitative estimate of drug-likeness (QED) is 0.590. The van der Waals surface area contributed by atoms with Crippen molar-refractivity contribution in [2.75, 3.05) is 24.6 Å². The van der Waals surface area contributed by atoms with Crippen molar-refractivity contribution in [2.45, 2.75) is 38.8 Å². The Hall–Kier alpha value is -2.78. The molecule has 1 saturated heterocycles. The zero-order chi connectivity index (χ0) is 20.8. The van der Waals surface area contributed by atoms with E-state index in [1.165, 1.54) is 0 Å². The van der Waals surface area contributed by atoms with E-state index in [0.29, 0.717) is 37.5 Å². The van der Waals surface area contributed by atoms with E-state index in [1.807, 2.05) is 35.8 Å². The second kappa shape index (κ2) is 9.82. The first kappa shape index (κ1) is 20.5. The molecule has 0 spiro atoms. The Morgan fingerprint density at radius 1 is 1.37 bits per heavy atom. The fraction of sp³-hybridized carbons (Fsp3) is 0.429. The number of nitrogens with zero attached hydrogens (tertiary/aromatic N) is 4. The van der Waals surface area contributed by atoms with Gasteiger partial charge in [-0.05, 0) is 36.4 Å². The number of thiophene rings is 1. The standard InChI is InChI=1S/C21H25N5O3S/c1-15-14-26(9-10-28-15)18-8-7-16(12-22-18)13-23-19(27)5-2-6-20-24-21(25-29-20)17-4-3-11-30-17/h3-4,7-8,11-12,15H,2,5-6,9-10,13-14H2,1H3,(H,23,27). The smallest absolute Gasteiger partial charge is 0.226 e. The van der Waals surface area contributed by atoms with E-state index in [-0.39, 0.29) is 12.0 Å². The summed E-state index contributed by atoms with van der Waals surface area (Å²) in [4.78, 5) is 24.2. The maximum atomic E-state index is 12.1. The number of anilines is 1. The molecule has 3 aromatic rings. The lowest BCUT2D eigenvalue weighted by atomic mass is 10.2. The van der Waals surface area contributed by atoms with Gasteiger partial charge in [0, 0.05) is 38.7 Å². The van der Waals surface area contributed by atoms with Gasteiger partial charge in [0.1, 0.15) is 5.82 Å². The van der Waals surface area contributed by atoms with Crippen LogP contribution in [0.4, 0.5) is 5.82 Å². The number of carbonyl (C=O) groups excluding carboxylic acids is 1. The number of ether oxygens (including phenoxy) is 1. The summed E-state index contributed by atoms with van der Waals surface area (Å²) in [6.07, 6.45) is 3.69. The second-order valence-electron chi connectivity index (χ2n) is 7.27. The van der Waals surface area contributed by atoms with Gasteiger partial charge < -0.3 is 19.5 Å². The summed E-state index contributed by atoms with van der Waals surface area (Å²) in [6, 6.07) is 7.91. The van der Waals surface area contributed by atoms with E-state index in [1.54, 1.807) is 11.3 Å². The highest BCUT2D eigenvalue weighted by molar-refractivity contribution is 7.13. The van der Waals surface area contributed by atoms with Crippen LogP contribution in [0.3, 0.4) is 0 Å². The molecule has 4 rings (SSSR count). The van der Waals surface area contributed by atoms with Gasteiger partial charge >= 0.3 is 0 Å². The number of carbonyl (C=O) groups is 1. The van der Waals surface area contributed by atoms with Gasteiger partial charge in [-0.25, -0.2) is 4.98 Å². The molecule has 4 heterocycles. The molecule has 30 heavy (non-hydrogen) atoms. The van der Waals surface area contributed by atoms with E-state index in [4.69, 9.17) is 9.26 Å². The largest absolute Gasteiger partial charge is 0.375 e. The van der Waals surface area contributed by atoms with Crippen molar-refractivity contribution in [2.24, 2.45) is 0 Å². The van der Waals surface area contributed by atoms with Crippen LogP contribution >= 0.6 is 11.3 Å². The Labute approximate surface area is 179 Å². The van der Waals surface area contributed by atoms with E-state index < -0.39 is 0 Å². The van der Waals surface area contributed by atoms with Crippen LogP contribution in [0.15, 0.2) is 40.4 Å². The SMILES string of the molecule is CC1CN(c2ccc(CNC(=O)CCCc3nc(-c4cccs4)no3)cn2)CCO1. The predicted octanol–water partition coefficient (Wildman–Crippen LogP) is 3.06. The van der Waals surface area contributed by atoms with Crippen molar-refractivity contribution in [1.29, 1.82) is 0 Å². The summed E-state index contributed by atoms with van der Waals surface area (Å²) in [6.45, 7) is 4.95. The molecular formula is C21H25N5O3S. The number of aryl methyl sites for hydroxylation is 1. The average molecular weight is 428 g/mol. The first-order chi connectivity index (χ1) is 14.7. The Kier molecular flexibility index (Phi) is 6.70. The van der Waals surface area contributed by atoms with Gasteiger partial charge in [0.05, 0.1) is 17.6 Å².